The van der Waals surface area contributed by atoms with Crippen molar-refractivity contribution in [3.63, 3.8) is 0 Å². The maximum atomic E-state index is 9.74. The molecule has 2 atom stereocenters. The molecule has 0 saturated carbocycles. The van der Waals surface area contributed by atoms with Gasteiger partial charge in [0.2, 0.25) is 0 Å². The SMILES string of the molecule is CC(O)C1CCN(Cc2nc(N)c3c4c(sc3n2)CCCC4)C1. The minimum absolute atomic E-state index is 0.238. The van der Waals surface area contributed by atoms with Gasteiger partial charge in [-0.15, -0.1) is 11.3 Å². The van der Waals surface area contributed by atoms with Crippen molar-refractivity contribution >= 4 is 27.4 Å². The van der Waals surface area contributed by atoms with Gasteiger partial charge in [0.1, 0.15) is 16.5 Å². The predicted molar refractivity (Wildman–Crippen MR) is 93.5 cm³/mol. The molecule has 0 amide bonds. The lowest BCUT2D eigenvalue weighted by molar-refractivity contribution is 0.127. The van der Waals surface area contributed by atoms with Crippen molar-refractivity contribution in [2.45, 2.75) is 51.7 Å². The number of aliphatic hydroxyl groups excluding tert-OH is 1. The molecule has 2 aromatic rings. The first-order valence-electron chi connectivity index (χ1n) is 8.59. The van der Waals surface area contributed by atoms with Crippen molar-refractivity contribution in [3.05, 3.63) is 16.3 Å². The van der Waals surface area contributed by atoms with E-state index in [4.69, 9.17) is 10.7 Å². The van der Waals surface area contributed by atoms with Crippen LogP contribution in [-0.4, -0.2) is 39.2 Å². The largest absolute Gasteiger partial charge is 0.393 e. The summed E-state index contributed by atoms with van der Waals surface area (Å²) in [7, 11) is 0. The van der Waals surface area contributed by atoms with Crippen LogP contribution in [0.5, 0.6) is 0 Å². The van der Waals surface area contributed by atoms with Crippen molar-refractivity contribution < 1.29 is 5.11 Å². The number of aromatic nitrogens is 2. The molecule has 2 aliphatic rings. The maximum Gasteiger partial charge on any atom is 0.146 e. The Kier molecular flexibility index (Phi) is 3.99. The summed E-state index contributed by atoms with van der Waals surface area (Å²) in [5.41, 5.74) is 7.67. The summed E-state index contributed by atoms with van der Waals surface area (Å²) >= 11 is 1.80. The Hall–Kier alpha value is -1.24. The number of nitrogens with zero attached hydrogens (tertiary/aromatic N) is 3. The summed E-state index contributed by atoms with van der Waals surface area (Å²) in [5, 5.41) is 10.8. The van der Waals surface area contributed by atoms with Gasteiger partial charge in [-0.2, -0.15) is 0 Å². The van der Waals surface area contributed by atoms with Crippen molar-refractivity contribution in [3.8, 4) is 0 Å². The highest BCUT2D eigenvalue weighted by Gasteiger charge is 2.27. The van der Waals surface area contributed by atoms with E-state index in [1.54, 1.807) is 11.3 Å². The average molecular weight is 332 g/mol. The Balaban J connectivity index is 1.59. The molecule has 2 unspecified atom stereocenters. The first-order chi connectivity index (χ1) is 11.1. The van der Waals surface area contributed by atoms with Crippen molar-refractivity contribution in [2.75, 3.05) is 18.8 Å². The number of hydrogen-bond donors (Lipinski definition) is 2. The minimum Gasteiger partial charge on any atom is -0.393 e. The van der Waals surface area contributed by atoms with Crippen LogP contribution in [0.3, 0.4) is 0 Å². The van der Waals surface area contributed by atoms with Crippen LogP contribution in [0.15, 0.2) is 0 Å². The van der Waals surface area contributed by atoms with Crippen LogP contribution < -0.4 is 5.73 Å². The number of aryl methyl sites for hydroxylation is 2. The monoisotopic (exact) mass is 332 g/mol. The van der Waals surface area contributed by atoms with Gasteiger partial charge in [-0.3, -0.25) is 4.90 Å². The molecule has 5 nitrogen and oxygen atoms in total. The zero-order valence-corrected chi connectivity index (χ0v) is 14.4. The Bertz CT molecular complexity index is 727. The van der Waals surface area contributed by atoms with Crippen LogP contribution in [0.25, 0.3) is 10.2 Å². The standard InChI is InChI=1S/C17H24N4OS/c1-10(22)11-6-7-21(8-11)9-14-19-16(18)15-12-4-2-3-5-13(12)23-17(15)20-14/h10-11,22H,2-9H2,1H3,(H2,18,19,20). The fourth-order valence-corrected chi connectivity index (χ4v) is 5.19. The lowest BCUT2D eigenvalue weighted by Gasteiger charge is -2.16. The highest BCUT2D eigenvalue weighted by atomic mass is 32.1. The number of anilines is 1. The molecule has 0 spiro atoms. The van der Waals surface area contributed by atoms with E-state index in [-0.39, 0.29) is 6.10 Å². The van der Waals surface area contributed by atoms with Crippen LogP contribution >= 0.6 is 11.3 Å². The molecule has 2 aromatic heterocycles. The molecule has 0 aromatic carbocycles. The molecular weight excluding hydrogens is 308 g/mol. The summed E-state index contributed by atoms with van der Waals surface area (Å²) in [6.45, 7) is 4.52. The molecule has 3 N–H and O–H groups in total. The van der Waals surface area contributed by atoms with E-state index in [1.165, 1.54) is 23.3 Å². The number of likely N-dealkylation sites (tertiary alicyclic amines) is 1. The van der Waals surface area contributed by atoms with E-state index < -0.39 is 0 Å². The van der Waals surface area contributed by atoms with E-state index in [2.05, 4.69) is 9.88 Å². The molecule has 1 aliphatic heterocycles. The molecule has 0 radical (unpaired) electrons. The Morgan fingerprint density at radius 2 is 2.17 bits per heavy atom. The van der Waals surface area contributed by atoms with Crippen molar-refractivity contribution in [1.29, 1.82) is 0 Å². The highest BCUT2D eigenvalue weighted by molar-refractivity contribution is 7.19. The van der Waals surface area contributed by atoms with Crippen molar-refractivity contribution in [2.24, 2.45) is 5.92 Å². The van der Waals surface area contributed by atoms with Crippen LogP contribution in [0.1, 0.15) is 42.5 Å². The second-order valence-corrected chi connectivity index (χ2v) is 8.02. The fourth-order valence-electron chi connectivity index (χ4n) is 3.90. The molecule has 0 bridgehead atoms. The quantitative estimate of drug-likeness (QED) is 0.902. The molecule has 124 valence electrons. The van der Waals surface area contributed by atoms with Gasteiger partial charge in [0.25, 0.3) is 0 Å². The third-order valence-electron chi connectivity index (χ3n) is 5.25. The van der Waals surface area contributed by atoms with Crippen LogP contribution in [-0.2, 0) is 19.4 Å². The number of rotatable bonds is 3. The Morgan fingerprint density at radius 1 is 1.35 bits per heavy atom. The first-order valence-corrected chi connectivity index (χ1v) is 9.40. The zero-order chi connectivity index (χ0) is 16.0. The molecule has 6 heteroatoms. The van der Waals surface area contributed by atoms with E-state index in [9.17, 15) is 5.11 Å². The second-order valence-electron chi connectivity index (χ2n) is 6.94. The number of fused-ring (bicyclic) bond motifs is 3. The number of nitrogen functional groups attached to an aromatic ring is 1. The molecule has 1 saturated heterocycles. The summed E-state index contributed by atoms with van der Waals surface area (Å²) in [4.78, 5) is 14.2. The van der Waals surface area contributed by atoms with Gasteiger partial charge in [-0.25, -0.2) is 9.97 Å². The van der Waals surface area contributed by atoms with Gasteiger partial charge < -0.3 is 10.8 Å². The molecule has 3 heterocycles. The van der Waals surface area contributed by atoms with Gasteiger partial charge in [-0.1, -0.05) is 0 Å². The van der Waals surface area contributed by atoms with Gasteiger partial charge in [0, 0.05) is 11.4 Å². The van der Waals surface area contributed by atoms with Crippen LogP contribution in [0.4, 0.5) is 5.82 Å². The zero-order valence-electron chi connectivity index (χ0n) is 13.6. The lowest BCUT2D eigenvalue weighted by atomic mass is 9.97. The molecular formula is C17H24N4OS. The minimum atomic E-state index is -0.238. The normalized spacial score (nSPS) is 23.3. The summed E-state index contributed by atoms with van der Waals surface area (Å²) < 4.78 is 0. The maximum absolute atomic E-state index is 9.74. The lowest BCUT2D eigenvalue weighted by Crippen LogP contribution is -2.25. The average Bonchev–Trinajstić information content (AvgIpc) is 3.11. The molecule has 23 heavy (non-hydrogen) atoms. The second kappa shape index (κ2) is 6.00. The van der Waals surface area contributed by atoms with Crippen molar-refractivity contribution in [1.82, 2.24) is 14.9 Å². The van der Waals surface area contributed by atoms with Gasteiger partial charge in [-0.05, 0) is 57.1 Å². The smallest absolute Gasteiger partial charge is 0.146 e. The van der Waals surface area contributed by atoms with Crippen LogP contribution in [0, 0.1) is 5.92 Å². The Labute approximate surface area is 140 Å². The molecule has 1 fully saturated rings. The van der Waals surface area contributed by atoms with Gasteiger partial charge >= 0.3 is 0 Å². The fraction of sp³-hybridized carbons (Fsp3) is 0.647. The van der Waals surface area contributed by atoms with E-state index in [1.807, 2.05) is 6.92 Å². The van der Waals surface area contributed by atoms with Crippen LogP contribution in [0.2, 0.25) is 0 Å². The number of thiophene rings is 1. The van der Waals surface area contributed by atoms with Gasteiger partial charge in [0.05, 0.1) is 18.0 Å². The summed E-state index contributed by atoms with van der Waals surface area (Å²) in [6.07, 6.45) is 5.60. The summed E-state index contributed by atoms with van der Waals surface area (Å²) in [5.74, 6) is 1.83. The van der Waals surface area contributed by atoms with Gasteiger partial charge in [0.15, 0.2) is 0 Å². The third kappa shape index (κ3) is 2.84. The number of aliphatic hydroxyl groups is 1. The topological polar surface area (TPSA) is 75.3 Å². The predicted octanol–water partition coefficient (Wildman–Crippen LogP) is 2.36. The number of hydrogen-bond acceptors (Lipinski definition) is 6. The Morgan fingerprint density at radius 3 is 2.96 bits per heavy atom. The first kappa shape index (κ1) is 15.3. The number of nitrogens with two attached hydrogens (primary N) is 1. The molecule has 1 aliphatic carbocycles. The van der Waals surface area contributed by atoms with E-state index in [0.717, 1.165) is 54.9 Å². The van der Waals surface area contributed by atoms with E-state index >= 15 is 0 Å². The highest BCUT2D eigenvalue weighted by Crippen LogP contribution is 2.37. The third-order valence-corrected chi connectivity index (χ3v) is 6.43. The van der Waals surface area contributed by atoms with E-state index in [0.29, 0.717) is 11.7 Å². The summed E-state index contributed by atoms with van der Waals surface area (Å²) in [6, 6.07) is 0. The molecule has 4 rings (SSSR count).